The summed E-state index contributed by atoms with van der Waals surface area (Å²) in [5, 5.41) is 10.0. The number of hydrogen-bond acceptors (Lipinski definition) is 5. The van der Waals surface area contributed by atoms with Gasteiger partial charge < -0.3 is 14.6 Å². The van der Waals surface area contributed by atoms with Crippen molar-refractivity contribution in [3.05, 3.63) is 24.3 Å². The van der Waals surface area contributed by atoms with E-state index in [0.717, 1.165) is 12.8 Å². The van der Waals surface area contributed by atoms with Crippen LogP contribution in [0.3, 0.4) is 0 Å². The molecule has 1 spiro atoms. The van der Waals surface area contributed by atoms with E-state index >= 15 is 0 Å². The van der Waals surface area contributed by atoms with Crippen LogP contribution in [0.1, 0.15) is 12.8 Å². The Morgan fingerprint density at radius 3 is 2.50 bits per heavy atom. The smallest absolute Gasteiger partial charge is 0.243 e. The van der Waals surface area contributed by atoms with Crippen molar-refractivity contribution in [3.8, 4) is 5.75 Å². The number of aliphatic hydroxyl groups excluding tert-OH is 1. The van der Waals surface area contributed by atoms with Crippen molar-refractivity contribution in [2.75, 3.05) is 33.4 Å². The Labute approximate surface area is 130 Å². The number of methoxy groups -OCH3 is 1. The van der Waals surface area contributed by atoms with E-state index in [2.05, 4.69) is 0 Å². The van der Waals surface area contributed by atoms with Crippen molar-refractivity contribution in [2.45, 2.75) is 23.8 Å². The van der Waals surface area contributed by atoms with Crippen molar-refractivity contribution in [1.29, 1.82) is 0 Å². The highest BCUT2D eigenvalue weighted by atomic mass is 32.2. The van der Waals surface area contributed by atoms with Gasteiger partial charge in [-0.3, -0.25) is 0 Å². The first-order chi connectivity index (χ1) is 10.5. The van der Waals surface area contributed by atoms with Crippen LogP contribution in [-0.2, 0) is 14.8 Å². The number of aliphatic hydroxyl groups is 1. The molecule has 7 heteroatoms. The quantitative estimate of drug-likeness (QED) is 0.784. The lowest BCUT2D eigenvalue weighted by Gasteiger charge is -2.16. The van der Waals surface area contributed by atoms with Crippen LogP contribution >= 0.6 is 0 Å². The highest BCUT2D eigenvalue weighted by Gasteiger charge is 2.56. The summed E-state index contributed by atoms with van der Waals surface area (Å²) in [7, 11) is -1.96. The van der Waals surface area contributed by atoms with Gasteiger partial charge in [-0.05, 0) is 37.1 Å². The second-order valence-corrected chi connectivity index (χ2v) is 7.93. The van der Waals surface area contributed by atoms with Gasteiger partial charge in [0.2, 0.25) is 10.0 Å². The lowest BCUT2D eigenvalue weighted by Crippen LogP contribution is -2.29. The fraction of sp³-hybridized carbons (Fsp3) is 0.600. The molecule has 0 bridgehead atoms. The molecule has 1 aromatic carbocycles. The molecule has 0 amide bonds. The fourth-order valence-corrected chi connectivity index (χ4v) is 4.39. The van der Waals surface area contributed by atoms with Crippen molar-refractivity contribution in [3.63, 3.8) is 0 Å². The number of β-amino-alcohol motifs (C(OH)–C–C–N with tert-alkyl or cyclic N) is 1. The van der Waals surface area contributed by atoms with Crippen LogP contribution < -0.4 is 4.74 Å². The van der Waals surface area contributed by atoms with Gasteiger partial charge in [0.15, 0.2) is 0 Å². The molecule has 1 unspecified atom stereocenters. The van der Waals surface area contributed by atoms with Gasteiger partial charge in [0, 0.05) is 25.6 Å². The van der Waals surface area contributed by atoms with Crippen molar-refractivity contribution in [2.24, 2.45) is 5.41 Å². The Balaban J connectivity index is 1.70. The van der Waals surface area contributed by atoms with Gasteiger partial charge in [-0.2, -0.15) is 4.31 Å². The van der Waals surface area contributed by atoms with Gasteiger partial charge in [0.1, 0.15) is 12.4 Å². The van der Waals surface area contributed by atoms with Gasteiger partial charge in [-0.15, -0.1) is 0 Å². The molecule has 1 aliphatic heterocycles. The highest BCUT2D eigenvalue weighted by molar-refractivity contribution is 7.89. The predicted molar refractivity (Wildman–Crippen MR) is 80.2 cm³/mol. The zero-order chi connectivity index (χ0) is 15.8. The molecule has 1 saturated carbocycles. The predicted octanol–water partition coefficient (Wildman–Crippen LogP) is 0.857. The van der Waals surface area contributed by atoms with Crippen LogP contribution in [0.15, 0.2) is 29.2 Å². The summed E-state index contributed by atoms with van der Waals surface area (Å²) in [6.45, 7) is 1.51. The second-order valence-electron chi connectivity index (χ2n) is 5.99. The van der Waals surface area contributed by atoms with Gasteiger partial charge in [-0.1, -0.05) is 0 Å². The van der Waals surface area contributed by atoms with E-state index < -0.39 is 16.1 Å². The minimum Gasteiger partial charge on any atom is -0.491 e. The summed E-state index contributed by atoms with van der Waals surface area (Å²) in [6.07, 6.45) is 1.28. The molecular weight excluding hydrogens is 306 g/mol. The lowest BCUT2D eigenvalue weighted by molar-refractivity contribution is 0.134. The summed E-state index contributed by atoms with van der Waals surface area (Å²) < 4.78 is 37.0. The van der Waals surface area contributed by atoms with Crippen molar-refractivity contribution in [1.82, 2.24) is 4.31 Å². The van der Waals surface area contributed by atoms with Crippen LogP contribution in [0, 0.1) is 5.41 Å². The first kappa shape index (κ1) is 15.7. The summed E-state index contributed by atoms with van der Waals surface area (Å²) in [5.41, 5.74) is -0.184. The molecule has 1 aromatic rings. The van der Waals surface area contributed by atoms with E-state index in [4.69, 9.17) is 9.47 Å². The first-order valence-electron chi connectivity index (χ1n) is 7.38. The zero-order valence-corrected chi connectivity index (χ0v) is 13.4. The van der Waals surface area contributed by atoms with Crippen LogP contribution in [0.5, 0.6) is 5.75 Å². The van der Waals surface area contributed by atoms with Gasteiger partial charge in [0.05, 0.1) is 17.6 Å². The van der Waals surface area contributed by atoms with E-state index in [1.807, 2.05) is 0 Å². The van der Waals surface area contributed by atoms with E-state index in [1.165, 1.54) is 4.31 Å². The average Bonchev–Trinajstić information content (AvgIpc) is 3.20. The topological polar surface area (TPSA) is 76.1 Å². The van der Waals surface area contributed by atoms with Crippen LogP contribution in [0.25, 0.3) is 0 Å². The molecule has 122 valence electrons. The monoisotopic (exact) mass is 327 g/mol. The Morgan fingerprint density at radius 1 is 1.27 bits per heavy atom. The number of benzene rings is 1. The molecular formula is C15H21NO5S. The molecule has 6 nitrogen and oxygen atoms in total. The maximum absolute atomic E-state index is 12.6. The molecule has 1 atom stereocenters. The number of rotatable bonds is 6. The molecule has 2 aliphatic rings. The standard InChI is InChI=1S/C15H21NO5S/c1-20-8-9-21-12-2-4-13(5-3-12)22(18,19)16-10-14(17)15(11-16)6-7-15/h2-5,14,17H,6-11H2,1H3. The molecule has 1 aliphatic carbocycles. The normalized spacial score (nSPS) is 23.8. The Hall–Kier alpha value is -1.15. The third-order valence-corrected chi connectivity index (χ3v) is 6.31. The second kappa shape index (κ2) is 5.81. The Kier molecular flexibility index (Phi) is 4.15. The van der Waals surface area contributed by atoms with Crippen LogP contribution in [0.4, 0.5) is 0 Å². The van der Waals surface area contributed by atoms with Gasteiger partial charge >= 0.3 is 0 Å². The molecule has 2 fully saturated rings. The van der Waals surface area contributed by atoms with Gasteiger partial charge in [-0.25, -0.2) is 8.42 Å². The Morgan fingerprint density at radius 2 is 1.95 bits per heavy atom. The third-order valence-electron chi connectivity index (χ3n) is 4.48. The van der Waals surface area contributed by atoms with E-state index in [-0.39, 0.29) is 16.9 Å². The zero-order valence-electron chi connectivity index (χ0n) is 12.6. The number of hydrogen-bond donors (Lipinski definition) is 1. The largest absolute Gasteiger partial charge is 0.491 e. The summed E-state index contributed by atoms with van der Waals surface area (Å²) in [5.74, 6) is 0.608. The van der Waals surface area contributed by atoms with Crippen LogP contribution in [-0.4, -0.2) is 57.3 Å². The molecule has 1 saturated heterocycles. The summed E-state index contributed by atoms with van der Waals surface area (Å²) in [4.78, 5) is 0.233. The van der Waals surface area contributed by atoms with Crippen molar-refractivity contribution >= 4 is 10.0 Å². The van der Waals surface area contributed by atoms with E-state index in [9.17, 15) is 13.5 Å². The molecule has 0 aromatic heterocycles. The molecule has 0 radical (unpaired) electrons. The average molecular weight is 327 g/mol. The molecule has 1 heterocycles. The maximum atomic E-state index is 12.6. The lowest BCUT2D eigenvalue weighted by atomic mass is 10.0. The first-order valence-corrected chi connectivity index (χ1v) is 8.82. The molecule has 22 heavy (non-hydrogen) atoms. The summed E-state index contributed by atoms with van der Waals surface area (Å²) >= 11 is 0. The number of ether oxygens (including phenoxy) is 2. The molecule has 3 rings (SSSR count). The highest BCUT2D eigenvalue weighted by Crippen LogP contribution is 2.53. The minimum absolute atomic E-state index is 0.184. The van der Waals surface area contributed by atoms with Crippen molar-refractivity contribution < 1.29 is 23.0 Å². The van der Waals surface area contributed by atoms with Gasteiger partial charge in [0.25, 0.3) is 0 Å². The number of sulfonamides is 1. The summed E-state index contributed by atoms with van der Waals surface area (Å²) in [6, 6.07) is 6.37. The maximum Gasteiger partial charge on any atom is 0.243 e. The minimum atomic E-state index is -3.55. The molecule has 1 N–H and O–H groups in total. The Bertz CT molecular complexity index is 624. The van der Waals surface area contributed by atoms with E-state index in [1.54, 1.807) is 31.4 Å². The number of nitrogens with zero attached hydrogens (tertiary/aromatic N) is 1. The van der Waals surface area contributed by atoms with E-state index in [0.29, 0.717) is 25.5 Å². The SMILES string of the molecule is COCCOc1ccc(S(=O)(=O)N2CC(O)C3(CC3)C2)cc1. The van der Waals surface area contributed by atoms with Crippen LogP contribution in [0.2, 0.25) is 0 Å². The third kappa shape index (κ3) is 2.86. The fourth-order valence-electron chi connectivity index (χ4n) is 2.84.